The lowest BCUT2D eigenvalue weighted by Gasteiger charge is -2.24. The van der Waals surface area contributed by atoms with E-state index in [0.29, 0.717) is 5.75 Å². The van der Waals surface area contributed by atoms with Crippen LogP contribution < -0.4 is 0 Å². The van der Waals surface area contributed by atoms with Crippen molar-refractivity contribution in [2.75, 3.05) is 13.1 Å². The summed E-state index contributed by atoms with van der Waals surface area (Å²) in [6.45, 7) is 6.05. The van der Waals surface area contributed by atoms with E-state index in [0.717, 1.165) is 29.9 Å². The van der Waals surface area contributed by atoms with Crippen LogP contribution in [0.15, 0.2) is 23.3 Å². The van der Waals surface area contributed by atoms with Crippen molar-refractivity contribution >= 4 is 5.71 Å². The van der Waals surface area contributed by atoms with Gasteiger partial charge in [0.05, 0.1) is 5.71 Å². The van der Waals surface area contributed by atoms with Crippen molar-refractivity contribution in [3.05, 3.63) is 29.3 Å². The maximum absolute atomic E-state index is 9.84. The molecule has 1 aliphatic heterocycles. The minimum Gasteiger partial charge on any atom is -0.507 e. The van der Waals surface area contributed by atoms with Gasteiger partial charge in [-0.25, -0.2) is 0 Å². The Hall–Kier alpha value is -1.51. The Morgan fingerprint density at radius 1 is 1.24 bits per heavy atom. The van der Waals surface area contributed by atoms with Crippen LogP contribution in [0.3, 0.4) is 0 Å². The van der Waals surface area contributed by atoms with E-state index < -0.39 is 0 Å². The standard InChI is InChI=1S/C14H20N2O/c1-11-6-7-14(17)13(10-11)12(2)15-16-8-4-3-5-9-16/h6-7,10,17H,3-5,8-9H2,1-2H3/b15-12+. The average molecular weight is 232 g/mol. The summed E-state index contributed by atoms with van der Waals surface area (Å²) in [6.07, 6.45) is 3.74. The minimum absolute atomic E-state index is 0.314. The second-order valence-electron chi connectivity index (χ2n) is 4.72. The maximum atomic E-state index is 9.84. The molecule has 3 heteroatoms. The minimum atomic E-state index is 0.314. The number of piperidine rings is 1. The molecule has 0 radical (unpaired) electrons. The first-order valence-electron chi connectivity index (χ1n) is 6.27. The summed E-state index contributed by atoms with van der Waals surface area (Å²) in [7, 11) is 0. The molecule has 1 fully saturated rings. The molecule has 1 aliphatic rings. The zero-order valence-corrected chi connectivity index (χ0v) is 10.6. The molecule has 0 aliphatic carbocycles. The van der Waals surface area contributed by atoms with Gasteiger partial charge in [0.15, 0.2) is 0 Å². The van der Waals surface area contributed by atoms with Crippen LogP contribution in [0.5, 0.6) is 5.75 Å². The Balaban J connectivity index is 2.19. The highest BCUT2D eigenvalue weighted by Crippen LogP contribution is 2.20. The van der Waals surface area contributed by atoms with Gasteiger partial charge in [-0.15, -0.1) is 0 Å². The molecule has 1 heterocycles. The van der Waals surface area contributed by atoms with E-state index >= 15 is 0 Å². The summed E-state index contributed by atoms with van der Waals surface area (Å²) in [5.41, 5.74) is 2.88. The number of benzene rings is 1. The van der Waals surface area contributed by atoms with Gasteiger partial charge in [-0.1, -0.05) is 11.6 Å². The SMILES string of the molecule is C/C(=N\N1CCCCC1)c1cc(C)ccc1O. The average Bonchev–Trinajstić information content (AvgIpc) is 2.33. The molecule has 0 unspecified atom stereocenters. The molecule has 92 valence electrons. The molecule has 1 aromatic rings. The Morgan fingerprint density at radius 2 is 1.94 bits per heavy atom. The number of phenolic OH excluding ortho intramolecular Hbond substituents is 1. The third kappa shape index (κ3) is 2.99. The van der Waals surface area contributed by atoms with Crippen LogP contribution in [-0.4, -0.2) is 28.9 Å². The van der Waals surface area contributed by atoms with Gasteiger partial charge in [0.1, 0.15) is 5.75 Å². The van der Waals surface area contributed by atoms with Crippen LogP contribution in [0, 0.1) is 6.92 Å². The maximum Gasteiger partial charge on any atom is 0.124 e. The summed E-state index contributed by atoms with van der Waals surface area (Å²) >= 11 is 0. The zero-order chi connectivity index (χ0) is 12.3. The topological polar surface area (TPSA) is 35.8 Å². The van der Waals surface area contributed by atoms with Crippen molar-refractivity contribution in [1.82, 2.24) is 5.01 Å². The molecule has 1 N–H and O–H groups in total. The van der Waals surface area contributed by atoms with Crippen LogP contribution in [-0.2, 0) is 0 Å². The quantitative estimate of drug-likeness (QED) is 0.796. The molecule has 17 heavy (non-hydrogen) atoms. The predicted molar refractivity (Wildman–Crippen MR) is 70.5 cm³/mol. The molecule has 0 spiro atoms. The van der Waals surface area contributed by atoms with E-state index in [1.165, 1.54) is 19.3 Å². The van der Waals surface area contributed by atoms with Gasteiger partial charge in [-0.3, -0.25) is 5.01 Å². The predicted octanol–water partition coefficient (Wildman–Crippen LogP) is 2.91. The van der Waals surface area contributed by atoms with Crippen LogP contribution in [0.4, 0.5) is 0 Å². The smallest absolute Gasteiger partial charge is 0.124 e. The number of aryl methyl sites for hydroxylation is 1. The van der Waals surface area contributed by atoms with Gasteiger partial charge in [-0.05, 0) is 45.2 Å². The molecule has 1 aromatic carbocycles. The van der Waals surface area contributed by atoms with Crippen molar-refractivity contribution in [1.29, 1.82) is 0 Å². The third-order valence-corrected chi connectivity index (χ3v) is 3.17. The molecule has 0 bridgehead atoms. The Labute approximate surface area is 103 Å². The number of phenols is 1. The summed E-state index contributed by atoms with van der Waals surface area (Å²) in [5, 5.41) is 16.5. The lowest BCUT2D eigenvalue weighted by Crippen LogP contribution is -2.25. The van der Waals surface area contributed by atoms with Gasteiger partial charge < -0.3 is 5.11 Å². The van der Waals surface area contributed by atoms with Crippen molar-refractivity contribution in [3.63, 3.8) is 0 Å². The Bertz CT molecular complexity index is 420. The number of hydrazone groups is 1. The fourth-order valence-electron chi connectivity index (χ4n) is 2.18. The molecule has 0 aromatic heterocycles. The Kier molecular flexibility index (Phi) is 3.67. The van der Waals surface area contributed by atoms with E-state index in [1.807, 2.05) is 26.0 Å². The molecule has 0 amide bonds. The van der Waals surface area contributed by atoms with Crippen LogP contribution in [0.2, 0.25) is 0 Å². The van der Waals surface area contributed by atoms with Crippen LogP contribution >= 0.6 is 0 Å². The number of hydrogen-bond donors (Lipinski definition) is 1. The van der Waals surface area contributed by atoms with Gasteiger partial charge >= 0.3 is 0 Å². The summed E-state index contributed by atoms with van der Waals surface area (Å²) in [6, 6.07) is 5.63. The number of hydrogen-bond acceptors (Lipinski definition) is 3. The van der Waals surface area contributed by atoms with E-state index in [-0.39, 0.29) is 0 Å². The largest absolute Gasteiger partial charge is 0.507 e. The highest BCUT2D eigenvalue weighted by molar-refractivity contribution is 6.01. The van der Waals surface area contributed by atoms with Crippen molar-refractivity contribution in [2.45, 2.75) is 33.1 Å². The van der Waals surface area contributed by atoms with E-state index in [4.69, 9.17) is 0 Å². The monoisotopic (exact) mass is 232 g/mol. The van der Waals surface area contributed by atoms with Gasteiger partial charge in [-0.2, -0.15) is 5.10 Å². The molecule has 0 saturated carbocycles. The fraction of sp³-hybridized carbons (Fsp3) is 0.500. The summed E-state index contributed by atoms with van der Waals surface area (Å²) in [4.78, 5) is 0. The lowest BCUT2D eigenvalue weighted by molar-refractivity contribution is 0.239. The highest BCUT2D eigenvalue weighted by atomic mass is 16.3. The molecule has 1 saturated heterocycles. The molecule has 0 atom stereocenters. The molecular formula is C14H20N2O. The molecule has 2 rings (SSSR count). The second kappa shape index (κ2) is 5.21. The first-order valence-corrected chi connectivity index (χ1v) is 6.27. The number of nitrogens with zero attached hydrogens (tertiary/aromatic N) is 2. The van der Waals surface area contributed by atoms with Gasteiger partial charge in [0, 0.05) is 18.7 Å². The van der Waals surface area contributed by atoms with Crippen LogP contribution in [0.1, 0.15) is 37.3 Å². The van der Waals surface area contributed by atoms with E-state index in [1.54, 1.807) is 6.07 Å². The van der Waals surface area contributed by atoms with E-state index in [9.17, 15) is 5.11 Å². The second-order valence-corrected chi connectivity index (χ2v) is 4.72. The zero-order valence-electron chi connectivity index (χ0n) is 10.6. The normalized spacial score (nSPS) is 17.3. The van der Waals surface area contributed by atoms with Crippen molar-refractivity contribution in [3.8, 4) is 5.75 Å². The van der Waals surface area contributed by atoms with Crippen molar-refractivity contribution in [2.24, 2.45) is 5.10 Å². The fourth-order valence-corrected chi connectivity index (χ4v) is 2.18. The van der Waals surface area contributed by atoms with Crippen LogP contribution in [0.25, 0.3) is 0 Å². The first-order chi connectivity index (χ1) is 8.16. The van der Waals surface area contributed by atoms with E-state index in [2.05, 4.69) is 10.1 Å². The summed E-state index contributed by atoms with van der Waals surface area (Å²) < 4.78 is 0. The number of rotatable bonds is 2. The molecule has 3 nitrogen and oxygen atoms in total. The highest BCUT2D eigenvalue weighted by Gasteiger charge is 2.10. The van der Waals surface area contributed by atoms with Crippen molar-refractivity contribution < 1.29 is 5.11 Å². The Morgan fingerprint density at radius 3 is 2.65 bits per heavy atom. The lowest BCUT2D eigenvalue weighted by atomic mass is 10.1. The van der Waals surface area contributed by atoms with Gasteiger partial charge in [0.2, 0.25) is 0 Å². The van der Waals surface area contributed by atoms with Gasteiger partial charge in [0.25, 0.3) is 0 Å². The molecular weight excluding hydrogens is 212 g/mol. The first kappa shape index (κ1) is 12.0. The number of aromatic hydroxyl groups is 1. The third-order valence-electron chi connectivity index (χ3n) is 3.17. The summed E-state index contributed by atoms with van der Waals surface area (Å²) in [5.74, 6) is 0.314.